The van der Waals surface area contributed by atoms with Crippen molar-refractivity contribution in [3.05, 3.63) is 34.1 Å². The minimum Gasteiger partial charge on any atom is -0.267 e. The summed E-state index contributed by atoms with van der Waals surface area (Å²) in [5, 5.41) is 3.81. The fraction of sp³-hybridized carbons (Fsp3) is 0. The van der Waals surface area contributed by atoms with Crippen LogP contribution in [0.25, 0.3) is 4.83 Å². The van der Waals surface area contributed by atoms with Crippen molar-refractivity contribution in [2.24, 2.45) is 0 Å². The fourth-order valence-electron chi connectivity index (χ4n) is 0.739. The SMILES string of the molecule is O=c1[c]ccc2scnn12. The van der Waals surface area contributed by atoms with Gasteiger partial charge in [0.15, 0.2) is 0 Å². The first kappa shape index (κ1) is 5.61. The molecule has 0 aliphatic carbocycles. The van der Waals surface area contributed by atoms with Crippen molar-refractivity contribution < 1.29 is 0 Å². The third kappa shape index (κ3) is 0.657. The fourth-order valence-corrected chi connectivity index (χ4v) is 1.37. The summed E-state index contributed by atoms with van der Waals surface area (Å²) in [6.45, 7) is 0. The van der Waals surface area contributed by atoms with Crippen LogP contribution in [0, 0.1) is 6.07 Å². The van der Waals surface area contributed by atoms with E-state index in [1.807, 2.05) is 0 Å². The summed E-state index contributed by atoms with van der Waals surface area (Å²) in [5.41, 5.74) is 1.43. The first-order valence-electron chi connectivity index (χ1n) is 2.71. The Bertz CT molecular complexity index is 403. The van der Waals surface area contributed by atoms with E-state index in [0.717, 1.165) is 4.83 Å². The molecule has 0 fully saturated rings. The highest BCUT2D eigenvalue weighted by Gasteiger charge is 1.94. The molecule has 0 saturated carbocycles. The number of nitrogens with zero attached hydrogens (tertiary/aromatic N) is 2. The standard InChI is InChI=1S/C6H3N2OS/c9-5-2-1-3-6-8(5)7-4-10-6/h1,3-4H. The first-order valence-corrected chi connectivity index (χ1v) is 3.59. The van der Waals surface area contributed by atoms with E-state index in [1.165, 1.54) is 15.9 Å². The van der Waals surface area contributed by atoms with E-state index in [1.54, 1.807) is 17.6 Å². The maximum absolute atomic E-state index is 10.9. The van der Waals surface area contributed by atoms with Crippen LogP contribution in [0.15, 0.2) is 22.4 Å². The van der Waals surface area contributed by atoms with E-state index in [9.17, 15) is 4.79 Å². The minimum atomic E-state index is -0.196. The molecule has 10 heavy (non-hydrogen) atoms. The van der Waals surface area contributed by atoms with Gasteiger partial charge in [0.05, 0.1) is 6.07 Å². The van der Waals surface area contributed by atoms with Crippen LogP contribution in [0.2, 0.25) is 0 Å². The molecular weight excluding hydrogens is 148 g/mol. The van der Waals surface area contributed by atoms with Crippen LogP contribution < -0.4 is 5.56 Å². The largest absolute Gasteiger partial charge is 0.280 e. The summed E-state index contributed by atoms with van der Waals surface area (Å²) in [6.07, 6.45) is 0. The molecule has 0 atom stereocenters. The Morgan fingerprint density at radius 3 is 3.40 bits per heavy atom. The van der Waals surface area contributed by atoms with Gasteiger partial charge in [0.1, 0.15) is 10.3 Å². The number of hydrogen-bond donors (Lipinski definition) is 0. The van der Waals surface area contributed by atoms with Gasteiger partial charge in [-0.15, -0.1) is 11.3 Å². The lowest BCUT2D eigenvalue weighted by molar-refractivity contribution is 0.918. The predicted molar refractivity (Wildman–Crippen MR) is 38.2 cm³/mol. The Balaban J connectivity index is 3.09. The third-order valence-corrected chi connectivity index (χ3v) is 1.92. The van der Waals surface area contributed by atoms with Gasteiger partial charge in [-0.25, -0.2) is 0 Å². The number of hydrogen-bond acceptors (Lipinski definition) is 3. The highest BCUT2D eigenvalue weighted by molar-refractivity contribution is 7.15. The lowest BCUT2D eigenvalue weighted by Gasteiger charge is -1.83. The number of aromatic nitrogens is 2. The van der Waals surface area contributed by atoms with Crippen LogP contribution >= 0.6 is 11.3 Å². The topological polar surface area (TPSA) is 34.4 Å². The molecule has 4 heteroatoms. The van der Waals surface area contributed by atoms with E-state index in [2.05, 4.69) is 11.2 Å². The predicted octanol–water partition coefficient (Wildman–Crippen LogP) is 0.556. The molecule has 0 amide bonds. The summed E-state index contributed by atoms with van der Waals surface area (Å²) in [4.78, 5) is 11.7. The zero-order valence-electron chi connectivity index (χ0n) is 4.94. The Hall–Kier alpha value is -1.16. The van der Waals surface area contributed by atoms with E-state index in [0.29, 0.717) is 0 Å². The lowest BCUT2D eigenvalue weighted by atomic mass is 10.5. The van der Waals surface area contributed by atoms with Gasteiger partial charge in [0.25, 0.3) is 5.56 Å². The number of rotatable bonds is 0. The normalized spacial score (nSPS) is 10.4. The summed E-state index contributed by atoms with van der Waals surface area (Å²) in [6, 6.07) is 5.92. The molecular formula is C6H3N2OS. The molecule has 2 aromatic rings. The van der Waals surface area contributed by atoms with Gasteiger partial charge in [0.2, 0.25) is 0 Å². The van der Waals surface area contributed by atoms with Crippen LogP contribution in [0.1, 0.15) is 0 Å². The van der Waals surface area contributed by atoms with E-state index in [4.69, 9.17) is 0 Å². The Kier molecular flexibility index (Phi) is 1.07. The monoisotopic (exact) mass is 151 g/mol. The van der Waals surface area contributed by atoms with Crippen molar-refractivity contribution in [3.63, 3.8) is 0 Å². The van der Waals surface area contributed by atoms with Gasteiger partial charge in [-0.1, -0.05) is 0 Å². The lowest BCUT2D eigenvalue weighted by Crippen LogP contribution is -2.11. The van der Waals surface area contributed by atoms with Gasteiger partial charge < -0.3 is 0 Å². The molecule has 0 aliphatic heterocycles. The second-order valence-electron chi connectivity index (χ2n) is 1.77. The molecule has 3 nitrogen and oxygen atoms in total. The van der Waals surface area contributed by atoms with Crippen molar-refractivity contribution in [1.82, 2.24) is 9.61 Å². The average molecular weight is 151 g/mol. The van der Waals surface area contributed by atoms with Crippen molar-refractivity contribution in [2.45, 2.75) is 0 Å². The third-order valence-electron chi connectivity index (χ3n) is 1.17. The molecule has 2 aromatic heterocycles. The van der Waals surface area contributed by atoms with Crippen molar-refractivity contribution in [3.8, 4) is 0 Å². The molecule has 1 radical (unpaired) electrons. The summed E-state index contributed by atoms with van der Waals surface area (Å²) >= 11 is 1.43. The van der Waals surface area contributed by atoms with Gasteiger partial charge in [-0.05, 0) is 12.1 Å². The van der Waals surface area contributed by atoms with Gasteiger partial charge in [-0.3, -0.25) is 4.79 Å². The molecule has 0 aromatic carbocycles. The maximum atomic E-state index is 10.9. The zero-order valence-corrected chi connectivity index (χ0v) is 5.76. The maximum Gasteiger partial charge on any atom is 0.280 e. The minimum absolute atomic E-state index is 0.196. The van der Waals surface area contributed by atoms with Crippen molar-refractivity contribution >= 4 is 16.2 Å². The highest BCUT2D eigenvalue weighted by Crippen LogP contribution is 2.03. The molecule has 0 N–H and O–H groups in total. The second kappa shape index (κ2) is 1.91. The van der Waals surface area contributed by atoms with Gasteiger partial charge >= 0.3 is 0 Å². The molecule has 0 aliphatic rings. The average Bonchev–Trinajstić information content (AvgIpc) is 2.36. The molecule has 0 saturated heterocycles. The smallest absolute Gasteiger partial charge is 0.267 e. The molecule has 2 heterocycles. The number of fused-ring (bicyclic) bond motifs is 1. The molecule has 49 valence electrons. The van der Waals surface area contributed by atoms with Crippen LogP contribution in [0.4, 0.5) is 0 Å². The van der Waals surface area contributed by atoms with Gasteiger partial charge in [-0.2, -0.15) is 9.61 Å². The molecule has 2 rings (SSSR count). The van der Waals surface area contributed by atoms with E-state index < -0.39 is 0 Å². The molecule has 0 bridgehead atoms. The first-order chi connectivity index (χ1) is 4.88. The number of pyridine rings is 1. The quantitative estimate of drug-likeness (QED) is 0.551. The summed E-state index contributed by atoms with van der Waals surface area (Å²) < 4.78 is 1.32. The van der Waals surface area contributed by atoms with Crippen LogP contribution in [-0.4, -0.2) is 9.61 Å². The molecule has 0 unspecified atom stereocenters. The summed E-state index contributed by atoms with van der Waals surface area (Å²) in [7, 11) is 0. The Morgan fingerprint density at radius 2 is 2.60 bits per heavy atom. The molecule has 0 spiro atoms. The Labute approximate surface area is 60.6 Å². The summed E-state index contributed by atoms with van der Waals surface area (Å²) in [5.74, 6) is 0. The van der Waals surface area contributed by atoms with Gasteiger partial charge in [0, 0.05) is 0 Å². The second-order valence-corrected chi connectivity index (χ2v) is 2.64. The van der Waals surface area contributed by atoms with Crippen molar-refractivity contribution in [2.75, 3.05) is 0 Å². The van der Waals surface area contributed by atoms with E-state index >= 15 is 0 Å². The van der Waals surface area contributed by atoms with Crippen LogP contribution in [-0.2, 0) is 0 Å². The van der Waals surface area contributed by atoms with Crippen LogP contribution in [0.5, 0.6) is 0 Å². The van der Waals surface area contributed by atoms with Crippen LogP contribution in [0.3, 0.4) is 0 Å². The van der Waals surface area contributed by atoms with E-state index in [-0.39, 0.29) is 5.56 Å². The Morgan fingerprint density at radius 1 is 1.70 bits per heavy atom. The zero-order chi connectivity index (χ0) is 6.97. The van der Waals surface area contributed by atoms with Crippen molar-refractivity contribution in [1.29, 1.82) is 0 Å². The highest BCUT2D eigenvalue weighted by atomic mass is 32.1.